The molecule has 0 spiro atoms. The van der Waals surface area contributed by atoms with E-state index in [-0.39, 0.29) is 19.3 Å². The average molecular weight is 428 g/mol. The lowest BCUT2D eigenvalue weighted by Gasteiger charge is -2.30. The average Bonchev–Trinajstić information content (AvgIpc) is 2.70. The van der Waals surface area contributed by atoms with Gasteiger partial charge >= 0.3 is 12.1 Å². The normalized spacial score (nSPS) is 20.5. The Kier molecular flexibility index (Phi) is 6.62. The number of aromatic nitrogens is 1. The van der Waals surface area contributed by atoms with Gasteiger partial charge in [-0.05, 0) is 51.5 Å². The number of amides is 1. The molecule has 1 aliphatic rings. The minimum absolute atomic E-state index is 0.0390. The topological polar surface area (TPSA) is 107 Å². The molecular weight excluding hydrogens is 400 g/mol. The predicted octanol–water partition coefficient (Wildman–Crippen LogP) is 3.70. The van der Waals surface area contributed by atoms with Gasteiger partial charge in [0.1, 0.15) is 5.60 Å². The fourth-order valence-electron chi connectivity index (χ4n) is 3.12. The number of fused-ring (bicyclic) bond motifs is 1. The Hall–Kier alpha value is -2.97. The van der Waals surface area contributed by atoms with Crippen molar-refractivity contribution >= 4 is 29.0 Å². The van der Waals surface area contributed by atoms with Crippen LogP contribution in [-0.2, 0) is 19.0 Å². The summed E-state index contributed by atoms with van der Waals surface area (Å²) in [6.07, 6.45) is 2.69. The number of aliphatic carboxylic acids is 1. The van der Waals surface area contributed by atoms with Crippen molar-refractivity contribution < 1.29 is 28.9 Å². The van der Waals surface area contributed by atoms with Crippen LogP contribution in [0.25, 0.3) is 17.0 Å². The molecule has 1 aromatic heterocycles. The predicted molar refractivity (Wildman–Crippen MR) is 116 cm³/mol. The van der Waals surface area contributed by atoms with Gasteiger partial charge in [0.15, 0.2) is 0 Å². The fraction of sp³-hybridized carbons (Fsp3) is 0.435. The van der Waals surface area contributed by atoms with Crippen molar-refractivity contribution in [2.75, 3.05) is 19.8 Å². The van der Waals surface area contributed by atoms with E-state index in [4.69, 9.17) is 14.2 Å². The Morgan fingerprint density at radius 1 is 1.26 bits per heavy atom. The van der Waals surface area contributed by atoms with Crippen LogP contribution in [0.1, 0.15) is 45.0 Å². The molecule has 0 bridgehead atoms. The maximum absolute atomic E-state index is 12.0. The highest BCUT2D eigenvalue weighted by molar-refractivity contribution is 5.84. The zero-order chi connectivity index (χ0) is 22.6. The summed E-state index contributed by atoms with van der Waals surface area (Å²) in [4.78, 5) is 28.4. The van der Waals surface area contributed by atoms with Gasteiger partial charge in [-0.2, -0.15) is 0 Å². The minimum atomic E-state index is -1.49. The molecule has 2 aromatic rings. The van der Waals surface area contributed by atoms with E-state index in [1.807, 2.05) is 37.3 Å². The molecule has 1 aliphatic heterocycles. The van der Waals surface area contributed by atoms with Gasteiger partial charge in [0.05, 0.1) is 37.1 Å². The molecular formula is C23H28N2O6. The van der Waals surface area contributed by atoms with Gasteiger partial charge in [0.25, 0.3) is 0 Å². The number of carboxylic acids is 1. The second-order valence-corrected chi connectivity index (χ2v) is 8.49. The van der Waals surface area contributed by atoms with E-state index in [1.54, 1.807) is 26.8 Å². The third kappa shape index (κ3) is 5.80. The zero-order valence-electron chi connectivity index (χ0n) is 18.2. The molecule has 1 amide bonds. The summed E-state index contributed by atoms with van der Waals surface area (Å²) in [6.45, 7) is 7.81. The second kappa shape index (κ2) is 9.03. The van der Waals surface area contributed by atoms with Crippen LogP contribution in [0.5, 0.6) is 0 Å². The first-order chi connectivity index (χ1) is 14.6. The highest BCUT2D eigenvalue weighted by atomic mass is 16.6. The molecule has 2 heterocycles. The van der Waals surface area contributed by atoms with Crippen LogP contribution in [0, 0.1) is 0 Å². The standard InChI is InChI=1S/C23H28N2O6/c1-15(24-21(28)31-22(2,3)4)18-8-7-17-6-5-16(13-19(17)25-18)9-10-23(20(26)27)14-29-11-12-30-23/h5-10,13,15H,11-12,14H2,1-4H3,(H,24,28)(H,26,27)/t15-,23?/m1/s1. The van der Waals surface area contributed by atoms with Crippen LogP contribution in [0.4, 0.5) is 4.79 Å². The Balaban J connectivity index is 1.80. The van der Waals surface area contributed by atoms with Crippen LogP contribution in [0.2, 0.25) is 0 Å². The Morgan fingerprint density at radius 2 is 2.00 bits per heavy atom. The monoisotopic (exact) mass is 428 g/mol. The smallest absolute Gasteiger partial charge is 0.408 e. The van der Waals surface area contributed by atoms with Crippen LogP contribution in [-0.4, -0.2) is 53.2 Å². The maximum Gasteiger partial charge on any atom is 0.408 e. The number of carbonyl (C=O) groups excluding carboxylic acids is 1. The Bertz CT molecular complexity index is 989. The van der Waals surface area contributed by atoms with Crippen LogP contribution in [0.15, 0.2) is 36.4 Å². The van der Waals surface area contributed by atoms with E-state index in [0.717, 1.165) is 16.5 Å². The van der Waals surface area contributed by atoms with E-state index in [9.17, 15) is 14.7 Å². The second-order valence-electron chi connectivity index (χ2n) is 8.49. The summed E-state index contributed by atoms with van der Waals surface area (Å²) in [6, 6.07) is 9.07. The number of benzene rings is 1. The number of alkyl carbamates (subject to hydrolysis) is 1. The number of carboxylic acid groups (broad SMARTS) is 1. The first-order valence-electron chi connectivity index (χ1n) is 10.1. The number of hydrogen-bond acceptors (Lipinski definition) is 6. The largest absolute Gasteiger partial charge is 0.479 e. The molecule has 8 heteroatoms. The van der Waals surface area contributed by atoms with Gasteiger partial charge in [-0.3, -0.25) is 4.98 Å². The van der Waals surface area contributed by atoms with Crippen molar-refractivity contribution in [1.82, 2.24) is 10.3 Å². The van der Waals surface area contributed by atoms with Gasteiger partial charge in [-0.1, -0.05) is 24.3 Å². The molecule has 3 rings (SSSR count). The van der Waals surface area contributed by atoms with Crippen molar-refractivity contribution in [1.29, 1.82) is 0 Å². The van der Waals surface area contributed by atoms with E-state index < -0.39 is 23.3 Å². The maximum atomic E-state index is 12.0. The lowest BCUT2D eigenvalue weighted by Crippen LogP contribution is -2.48. The summed E-state index contributed by atoms with van der Waals surface area (Å²) in [5, 5.41) is 13.3. The van der Waals surface area contributed by atoms with Crippen molar-refractivity contribution in [3.05, 3.63) is 47.7 Å². The number of nitrogens with one attached hydrogen (secondary N) is 1. The highest BCUT2D eigenvalue weighted by Crippen LogP contribution is 2.23. The summed E-state index contributed by atoms with van der Waals surface area (Å²) >= 11 is 0. The fourth-order valence-corrected chi connectivity index (χ4v) is 3.12. The van der Waals surface area contributed by atoms with Gasteiger partial charge in [0.2, 0.25) is 5.60 Å². The Labute approximate surface area is 181 Å². The number of pyridine rings is 1. The zero-order valence-corrected chi connectivity index (χ0v) is 18.2. The molecule has 0 radical (unpaired) electrons. The highest BCUT2D eigenvalue weighted by Gasteiger charge is 2.39. The molecule has 1 saturated heterocycles. The molecule has 1 unspecified atom stereocenters. The lowest BCUT2D eigenvalue weighted by molar-refractivity contribution is -0.181. The molecule has 166 valence electrons. The van der Waals surface area contributed by atoms with Gasteiger partial charge in [-0.25, -0.2) is 9.59 Å². The number of hydrogen-bond donors (Lipinski definition) is 2. The van der Waals surface area contributed by atoms with Gasteiger partial charge < -0.3 is 24.6 Å². The number of carbonyl (C=O) groups is 2. The summed E-state index contributed by atoms with van der Waals surface area (Å²) in [5.74, 6) is -1.09. The Morgan fingerprint density at radius 3 is 2.65 bits per heavy atom. The molecule has 8 nitrogen and oxygen atoms in total. The quantitative estimate of drug-likeness (QED) is 0.748. The van der Waals surface area contributed by atoms with Gasteiger partial charge in [-0.15, -0.1) is 0 Å². The molecule has 1 aromatic carbocycles. The van der Waals surface area contributed by atoms with Gasteiger partial charge in [0, 0.05) is 5.39 Å². The van der Waals surface area contributed by atoms with Crippen LogP contribution >= 0.6 is 0 Å². The van der Waals surface area contributed by atoms with Crippen LogP contribution < -0.4 is 5.32 Å². The molecule has 2 N–H and O–H groups in total. The molecule has 1 fully saturated rings. The minimum Gasteiger partial charge on any atom is -0.479 e. The molecule has 0 aliphatic carbocycles. The van der Waals surface area contributed by atoms with E-state index in [0.29, 0.717) is 12.3 Å². The number of rotatable bonds is 5. The van der Waals surface area contributed by atoms with E-state index in [2.05, 4.69) is 10.3 Å². The van der Waals surface area contributed by atoms with Crippen molar-refractivity contribution in [3.63, 3.8) is 0 Å². The lowest BCUT2D eigenvalue weighted by atomic mass is 10.0. The number of ether oxygens (including phenoxy) is 3. The van der Waals surface area contributed by atoms with E-state index >= 15 is 0 Å². The van der Waals surface area contributed by atoms with Crippen molar-refractivity contribution in [2.24, 2.45) is 0 Å². The molecule has 31 heavy (non-hydrogen) atoms. The van der Waals surface area contributed by atoms with Crippen molar-refractivity contribution in [2.45, 2.75) is 44.9 Å². The third-order valence-corrected chi connectivity index (χ3v) is 4.73. The molecule has 2 atom stereocenters. The summed E-state index contributed by atoms with van der Waals surface area (Å²) < 4.78 is 16.1. The summed E-state index contributed by atoms with van der Waals surface area (Å²) in [7, 11) is 0. The third-order valence-electron chi connectivity index (χ3n) is 4.73. The SMILES string of the molecule is C[C@@H](NC(=O)OC(C)(C)C)c1ccc2ccc(C=CC3(C(=O)O)COCCO3)cc2n1. The van der Waals surface area contributed by atoms with Crippen LogP contribution in [0.3, 0.4) is 0 Å². The van der Waals surface area contributed by atoms with Crippen molar-refractivity contribution in [3.8, 4) is 0 Å². The molecule has 0 saturated carbocycles. The summed E-state index contributed by atoms with van der Waals surface area (Å²) in [5.41, 5.74) is 0.115. The number of nitrogens with zero attached hydrogens (tertiary/aromatic N) is 1. The first kappa shape index (κ1) is 22.7. The first-order valence-corrected chi connectivity index (χ1v) is 10.1. The van der Waals surface area contributed by atoms with E-state index in [1.165, 1.54) is 6.08 Å².